The fourth-order valence-corrected chi connectivity index (χ4v) is 6.90. The van der Waals surface area contributed by atoms with Crippen LogP contribution < -0.4 is 9.62 Å². The predicted octanol–water partition coefficient (Wildman–Crippen LogP) is 7.47. The van der Waals surface area contributed by atoms with Crippen molar-refractivity contribution in [2.75, 3.05) is 10.8 Å². The summed E-state index contributed by atoms with van der Waals surface area (Å²) < 4.78 is 30.5. The van der Waals surface area contributed by atoms with Gasteiger partial charge < -0.3 is 10.2 Å². The number of halogens is 2. The molecule has 0 unspecified atom stereocenters. The smallest absolute Gasteiger partial charge is 0.264 e. The third-order valence-electron chi connectivity index (χ3n) is 7.36. The van der Waals surface area contributed by atoms with E-state index in [9.17, 15) is 18.0 Å². The zero-order chi connectivity index (χ0) is 33.6. The number of carbonyl (C=O) groups excluding carboxylic acids is 2. The van der Waals surface area contributed by atoms with Gasteiger partial charge >= 0.3 is 0 Å². The summed E-state index contributed by atoms with van der Waals surface area (Å²) in [7, 11) is -4.23. The van der Waals surface area contributed by atoms with E-state index in [0.717, 1.165) is 25.5 Å². The van der Waals surface area contributed by atoms with Crippen molar-refractivity contribution >= 4 is 55.1 Å². The third-order valence-corrected chi connectivity index (χ3v) is 9.90. The summed E-state index contributed by atoms with van der Waals surface area (Å²) in [4.78, 5) is 30.1. The van der Waals surface area contributed by atoms with E-state index in [-0.39, 0.29) is 29.5 Å². The van der Waals surface area contributed by atoms with Crippen molar-refractivity contribution in [2.24, 2.45) is 0 Å². The van der Waals surface area contributed by atoms with Gasteiger partial charge in [-0.1, -0.05) is 93.8 Å². The van der Waals surface area contributed by atoms with Gasteiger partial charge in [0.25, 0.3) is 10.0 Å². The number of hydrogen-bond acceptors (Lipinski definition) is 4. The minimum Gasteiger partial charge on any atom is -0.350 e. The Morgan fingerprint density at radius 2 is 1.50 bits per heavy atom. The van der Waals surface area contributed by atoms with Crippen LogP contribution in [0, 0.1) is 13.8 Å². The molecule has 0 aliphatic heterocycles. The molecular weight excluding hydrogens is 686 g/mol. The van der Waals surface area contributed by atoms with E-state index in [0.29, 0.717) is 10.6 Å². The van der Waals surface area contributed by atoms with E-state index in [1.54, 1.807) is 37.3 Å². The first-order valence-electron chi connectivity index (χ1n) is 14.9. The molecule has 0 aromatic heterocycles. The van der Waals surface area contributed by atoms with E-state index in [4.69, 9.17) is 11.6 Å². The van der Waals surface area contributed by atoms with Crippen LogP contribution in [0.4, 0.5) is 5.69 Å². The Morgan fingerprint density at radius 3 is 2.11 bits per heavy atom. The maximum absolute atomic E-state index is 14.6. The number of nitrogens with zero attached hydrogens (tertiary/aromatic N) is 2. The van der Waals surface area contributed by atoms with Gasteiger partial charge in [0.05, 0.1) is 10.6 Å². The SMILES string of the molecule is Cc1ccc(S(=O)(=O)N(CC(=O)N(Cc2ccc(Br)cc2)[C@@H](Cc2ccccc2)C(=O)NC(C)(C)C)c2cc(Cl)ccc2C)cc1. The van der Waals surface area contributed by atoms with Gasteiger partial charge in [0.15, 0.2) is 0 Å². The van der Waals surface area contributed by atoms with Gasteiger partial charge in [-0.05, 0) is 87.7 Å². The van der Waals surface area contributed by atoms with Gasteiger partial charge in [0.2, 0.25) is 11.8 Å². The number of hydrogen-bond donors (Lipinski definition) is 1. The Hall–Kier alpha value is -3.66. The van der Waals surface area contributed by atoms with Crippen molar-refractivity contribution in [3.63, 3.8) is 0 Å². The van der Waals surface area contributed by atoms with E-state index in [2.05, 4.69) is 21.2 Å². The van der Waals surface area contributed by atoms with E-state index in [1.807, 2.05) is 82.3 Å². The molecule has 46 heavy (non-hydrogen) atoms. The number of amides is 2. The summed E-state index contributed by atoms with van der Waals surface area (Å²) in [5, 5.41) is 3.37. The van der Waals surface area contributed by atoms with Gasteiger partial charge in [-0.2, -0.15) is 0 Å². The van der Waals surface area contributed by atoms with Crippen LogP contribution in [0.1, 0.15) is 43.0 Å². The Kier molecular flexibility index (Phi) is 11.4. The minimum atomic E-state index is -4.23. The van der Waals surface area contributed by atoms with Crippen LogP contribution in [0.5, 0.6) is 0 Å². The van der Waals surface area contributed by atoms with Gasteiger partial charge in [-0.25, -0.2) is 8.42 Å². The molecule has 1 N–H and O–H groups in total. The zero-order valence-corrected chi connectivity index (χ0v) is 29.8. The molecule has 0 saturated carbocycles. The first kappa shape index (κ1) is 35.2. The molecule has 7 nitrogen and oxygen atoms in total. The van der Waals surface area contributed by atoms with Crippen LogP contribution in [0.3, 0.4) is 0 Å². The third kappa shape index (κ3) is 9.21. The van der Waals surface area contributed by atoms with Gasteiger partial charge in [0.1, 0.15) is 12.6 Å². The van der Waals surface area contributed by atoms with E-state index in [1.165, 1.54) is 17.0 Å². The molecule has 0 bridgehead atoms. The lowest BCUT2D eigenvalue weighted by Crippen LogP contribution is -2.56. The van der Waals surface area contributed by atoms with Gasteiger partial charge in [-0.15, -0.1) is 0 Å². The van der Waals surface area contributed by atoms with Crippen LogP contribution in [0.25, 0.3) is 0 Å². The number of anilines is 1. The second-order valence-electron chi connectivity index (χ2n) is 12.3. The summed E-state index contributed by atoms with van der Waals surface area (Å²) in [6, 6.07) is 27.4. The van der Waals surface area contributed by atoms with Crippen LogP contribution in [-0.2, 0) is 32.6 Å². The maximum atomic E-state index is 14.6. The lowest BCUT2D eigenvalue weighted by atomic mass is 10.0. The van der Waals surface area contributed by atoms with Crippen LogP contribution >= 0.6 is 27.5 Å². The largest absolute Gasteiger partial charge is 0.350 e. The topological polar surface area (TPSA) is 86.8 Å². The lowest BCUT2D eigenvalue weighted by molar-refractivity contribution is -0.140. The summed E-state index contributed by atoms with van der Waals surface area (Å²) in [6.07, 6.45) is 0.228. The quantitative estimate of drug-likeness (QED) is 0.174. The molecule has 0 spiro atoms. The van der Waals surface area contributed by atoms with Crippen molar-refractivity contribution in [2.45, 2.75) is 64.1 Å². The van der Waals surface area contributed by atoms with Gasteiger partial charge in [-0.3, -0.25) is 13.9 Å². The molecule has 0 aliphatic carbocycles. The number of sulfonamides is 1. The number of nitrogens with one attached hydrogen (secondary N) is 1. The molecule has 10 heteroatoms. The summed E-state index contributed by atoms with van der Waals surface area (Å²) >= 11 is 9.83. The molecule has 2 amide bonds. The van der Waals surface area contributed by atoms with Crippen LogP contribution in [-0.4, -0.2) is 43.3 Å². The monoisotopic (exact) mass is 723 g/mol. The minimum absolute atomic E-state index is 0.0380. The Morgan fingerprint density at radius 1 is 0.870 bits per heavy atom. The highest BCUT2D eigenvalue weighted by Gasteiger charge is 2.36. The molecule has 4 aromatic rings. The van der Waals surface area contributed by atoms with Crippen molar-refractivity contribution in [3.8, 4) is 0 Å². The normalized spacial score (nSPS) is 12.3. The summed E-state index contributed by atoms with van der Waals surface area (Å²) in [6.45, 7) is 8.79. The zero-order valence-electron chi connectivity index (χ0n) is 26.6. The van der Waals surface area contributed by atoms with Crippen LogP contribution in [0.15, 0.2) is 106 Å². The molecular formula is C36H39BrClN3O4S. The first-order chi connectivity index (χ1) is 21.6. The molecule has 242 valence electrons. The summed E-state index contributed by atoms with van der Waals surface area (Å²) in [5.74, 6) is -0.878. The molecule has 0 saturated heterocycles. The number of rotatable bonds is 11. The van der Waals surface area contributed by atoms with E-state index >= 15 is 0 Å². The Balaban J connectivity index is 1.84. The molecule has 1 atom stereocenters. The summed E-state index contributed by atoms with van der Waals surface area (Å²) in [5.41, 5.74) is 2.87. The second kappa shape index (κ2) is 14.8. The standard InChI is InChI=1S/C36H39BrClN3O4S/c1-25-11-19-31(20-12-25)46(44,45)41(32-22-30(38)18-13-26(32)2)24-34(42)40(23-28-14-16-29(37)17-15-28)33(35(43)39-36(3,4)5)21-27-9-7-6-8-10-27/h6-20,22,33H,21,23-24H2,1-5H3,(H,39,43)/t33-/m0/s1. The number of aryl methyl sites for hydroxylation is 2. The Bertz CT molecular complexity index is 1780. The average molecular weight is 725 g/mol. The highest BCUT2D eigenvalue weighted by Crippen LogP contribution is 2.30. The number of benzene rings is 4. The predicted molar refractivity (Wildman–Crippen MR) is 188 cm³/mol. The van der Waals surface area contributed by atoms with Crippen molar-refractivity contribution in [1.82, 2.24) is 10.2 Å². The molecule has 0 heterocycles. The molecule has 4 rings (SSSR count). The maximum Gasteiger partial charge on any atom is 0.264 e. The molecule has 4 aromatic carbocycles. The van der Waals surface area contributed by atoms with E-state index < -0.39 is 34.1 Å². The number of carbonyl (C=O) groups is 2. The highest BCUT2D eigenvalue weighted by molar-refractivity contribution is 9.10. The van der Waals surface area contributed by atoms with Crippen LogP contribution in [0.2, 0.25) is 5.02 Å². The Labute approximate surface area is 285 Å². The second-order valence-corrected chi connectivity index (χ2v) is 15.6. The fourth-order valence-electron chi connectivity index (χ4n) is 5.00. The van der Waals surface area contributed by atoms with Gasteiger partial charge in [0, 0.05) is 28.0 Å². The molecule has 0 radical (unpaired) electrons. The van der Waals surface area contributed by atoms with Crippen molar-refractivity contribution in [3.05, 3.63) is 129 Å². The molecule has 0 aliphatic rings. The molecule has 0 fully saturated rings. The lowest BCUT2D eigenvalue weighted by Gasteiger charge is -2.35. The average Bonchev–Trinajstić information content (AvgIpc) is 2.99. The highest BCUT2D eigenvalue weighted by atomic mass is 79.9. The van der Waals surface area contributed by atoms with Crippen molar-refractivity contribution < 1.29 is 18.0 Å². The fraction of sp³-hybridized carbons (Fsp3) is 0.278. The first-order valence-corrected chi connectivity index (χ1v) is 17.5. The van der Waals surface area contributed by atoms with Crippen molar-refractivity contribution in [1.29, 1.82) is 0 Å².